The Hall–Kier alpha value is -3.36. The molecule has 6 nitrogen and oxygen atoms in total. The average Bonchev–Trinajstić information content (AvgIpc) is 2.64. The fourth-order valence-corrected chi connectivity index (χ4v) is 1.94. The van der Waals surface area contributed by atoms with Gasteiger partial charge in [0, 0.05) is 5.56 Å². The molecule has 2 rings (SSSR count). The summed E-state index contributed by atoms with van der Waals surface area (Å²) in [6.07, 6.45) is -4.73. The molecule has 0 radical (unpaired) electrons. The van der Waals surface area contributed by atoms with Crippen molar-refractivity contribution in [2.24, 2.45) is 0 Å². The van der Waals surface area contributed by atoms with E-state index in [1.807, 2.05) is 5.43 Å². The number of hydrazine groups is 1. The lowest BCUT2D eigenvalue weighted by atomic mass is 10.1. The lowest BCUT2D eigenvalue weighted by Crippen LogP contribution is -2.43. The SMILES string of the molecule is O=C(COC(=O)c1ccccc1C(F)(F)F)NNC(=O)c1ccccc1. The summed E-state index contributed by atoms with van der Waals surface area (Å²) in [5.74, 6) is -2.82. The first-order valence-corrected chi connectivity index (χ1v) is 7.26. The summed E-state index contributed by atoms with van der Waals surface area (Å²) in [4.78, 5) is 35.1. The predicted molar refractivity (Wildman–Crippen MR) is 83.8 cm³/mol. The van der Waals surface area contributed by atoms with Gasteiger partial charge in [-0.05, 0) is 24.3 Å². The van der Waals surface area contributed by atoms with Crippen LogP contribution in [0.15, 0.2) is 54.6 Å². The van der Waals surface area contributed by atoms with Gasteiger partial charge in [0.05, 0.1) is 11.1 Å². The molecule has 0 heterocycles. The number of esters is 1. The first kappa shape index (κ1) is 19.0. The van der Waals surface area contributed by atoms with Crippen LogP contribution in [0.3, 0.4) is 0 Å². The number of hydrogen-bond donors (Lipinski definition) is 2. The van der Waals surface area contributed by atoms with Gasteiger partial charge in [-0.25, -0.2) is 4.79 Å². The molecule has 0 aromatic heterocycles. The van der Waals surface area contributed by atoms with E-state index in [0.717, 1.165) is 18.2 Å². The summed E-state index contributed by atoms with van der Waals surface area (Å²) >= 11 is 0. The van der Waals surface area contributed by atoms with Crippen LogP contribution in [-0.2, 0) is 15.7 Å². The third-order valence-corrected chi connectivity index (χ3v) is 3.14. The summed E-state index contributed by atoms with van der Waals surface area (Å²) in [5, 5.41) is 0. The van der Waals surface area contributed by atoms with Crippen molar-refractivity contribution in [2.75, 3.05) is 6.61 Å². The Morgan fingerprint density at radius 1 is 0.885 bits per heavy atom. The molecule has 0 spiro atoms. The number of amides is 2. The third-order valence-electron chi connectivity index (χ3n) is 3.14. The maximum Gasteiger partial charge on any atom is 0.417 e. The fraction of sp³-hybridized carbons (Fsp3) is 0.118. The molecule has 2 aromatic rings. The van der Waals surface area contributed by atoms with Gasteiger partial charge in [-0.1, -0.05) is 30.3 Å². The first-order valence-electron chi connectivity index (χ1n) is 7.26. The van der Waals surface area contributed by atoms with Crippen LogP contribution in [0.4, 0.5) is 13.2 Å². The highest BCUT2D eigenvalue weighted by Crippen LogP contribution is 2.32. The summed E-state index contributed by atoms with van der Waals surface area (Å²) < 4.78 is 43.1. The van der Waals surface area contributed by atoms with Gasteiger partial charge in [-0.15, -0.1) is 0 Å². The van der Waals surface area contributed by atoms with E-state index in [-0.39, 0.29) is 5.56 Å². The number of hydrogen-bond acceptors (Lipinski definition) is 4. The van der Waals surface area contributed by atoms with Crippen LogP contribution >= 0.6 is 0 Å². The Bertz CT molecular complexity index is 807. The Morgan fingerprint density at radius 2 is 1.50 bits per heavy atom. The van der Waals surface area contributed by atoms with E-state index >= 15 is 0 Å². The van der Waals surface area contributed by atoms with Crippen molar-refractivity contribution in [3.63, 3.8) is 0 Å². The molecule has 2 aromatic carbocycles. The van der Waals surface area contributed by atoms with Crippen molar-refractivity contribution in [1.82, 2.24) is 10.9 Å². The van der Waals surface area contributed by atoms with Crippen LogP contribution in [0.2, 0.25) is 0 Å². The summed E-state index contributed by atoms with van der Waals surface area (Å²) in [7, 11) is 0. The quantitative estimate of drug-likeness (QED) is 0.643. The molecule has 0 bridgehead atoms. The highest BCUT2D eigenvalue weighted by Gasteiger charge is 2.35. The van der Waals surface area contributed by atoms with Crippen LogP contribution in [0.5, 0.6) is 0 Å². The molecule has 0 unspecified atom stereocenters. The predicted octanol–water partition coefficient (Wildman–Crippen LogP) is 2.32. The molecule has 9 heteroatoms. The van der Waals surface area contributed by atoms with E-state index in [9.17, 15) is 27.6 Å². The average molecular weight is 366 g/mol. The van der Waals surface area contributed by atoms with Crippen molar-refractivity contribution < 1.29 is 32.3 Å². The highest BCUT2D eigenvalue weighted by atomic mass is 19.4. The number of rotatable bonds is 4. The maximum atomic E-state index is 12.8. The monoisotopic (exact) mass is 366 g/mol. The van der Waals surface area contributed by atoms with Gasteiger partial charge in [0.25, 0.3) is 11.8 Å². The second-order valence-corrected chi connectivity index (χ2v) is 4.99. The van der Waals surface area contributed by atoms with Gasteiger partial charge in [0.15, 0.2) is 6.61 Å². The smallest absolute Gasteiger partial charge is 0.417 e. The molecular formula is C17H13F3N2O4. The van der Waals surface area contributed by atoms with Gasteiger partial charge in [-0.2, -0.15) is 13.2 Å². The molecule has 26 heavy (non-hydrogen) atoms. The Morgan fingerprint density at radius 3 is 2.15 bits per heavy atom. The third kappa shape index (κ3) is 5.07. The van der Waals surface area contributed by atoms with E-state index in [2.05, 4.69) is 10.2 Å². The number of ether oxygens (including phenoxy) is 1. The zero-order valence-corrected chi connectivity index (χ0v) is 13.2. The zero-order chi connectivity index (χ0) is 19.2. The van der Waals surface area contributed by atoms with E-state index in [0.29, 0.717) is 0 Å². The number of nitrogens with one attached hydrogen (secondary N) is 2. The normalized spacial score (nSPS) is 10.7. The maximum absolute atomic E-state index is 12.8. The molecule has 2 amide bonds. The fourth-order valence-electron chi connectivity index (χ4n) is 1.94. The second-order valence-electron chi connectivity index (χ2n) is 4.99. The summed E-state index contributed by atoms with van der Waals surface area (Å²) in [6, 6.07) is 12.0. The van der Waals surface area contributed by atoms with Crippen LogP contribution in [0.25, 0.3) is 0 Å². The standard InChI is InChI=1S/C17H13F3N2O4/c18-17(19,20)13-9-5-4-8-12(13)16(25)26-10-14(23)21-22-15(24)11-6-2-1-3-7-11/h1-9H,10H2,(H,21,23)(H,22,24). The largest absolute Gasteiger partial charge is 0.452 e. The van der Waals surface area contributed by atoms with Crippen molar-refractivity contribution >= 4 is 17.8 Å². The van der Waals surface area contributed by atoms with E-state index in [1.54, 1.807) is 18.2 Å². The molecular weight excluding hydrogens is 353 g/mol. The van der Waals surface area contributed by atoms with Gasteiger partial charge >= 0.3 is 12.1 Å². The molecule has 0 saturated heterocycles. The van der Waals surface area contributed by atoms with Gasteiger partial charge < -0.3 is 4.74 Å². The van der Waals surface area contributed by atoms with Gasteiger partial charge in [-0.3, -0.25) is 20.4 Å². The number of benzene rings is 2. The zero-order valence-electron chi connectivity index (χ0n) is 13.2. The minimum atomic E-state index is -4.73. The van der Waals surface area contributed by atoms with Crippen LogP contribution in [-0.4, -0.2) is 24.4 Å². The molecule has 0 fully saturated rings. The summed E-state index contributed by atoms with van der Waals surface area (Å²) in [5.41, 5.74) is 2.49. The molecule has 0 atom stereocenters. The molecule has 0 aliphatic carbocycles. The van der Waals surface area contributed by atoms with Crippen molar-refractivity contribution in [1.29, 1.82) is 0 Å². The van der Waals surface area contributed by atoms with Crippen molar-refractivity contribution in [3.8, 4) is 0 Å². The topological polar surface area (TPSA) is 84.5 Å². The van der Waals surface area contributed by atoms with Crippen LogP contribution in [0.1, 0.15) is 26.3 Å². The minimum Gasteiger partial charge on any atom is -0.452 e. The van der Waals surface area contributed by atoms with Gasteiger partial charge in [0.2, 0.25) is 0 Å². The van der Waals surface area contributed by atoms with E-state index in [4.69, 9.17) is 0 Å². The van der Waals surface area contributed by atoms with E-state index < -0.39 is 41.7 Å². The van der Waals surface area contributed by atoms with Crippen LogP contribution in [0, 0.1) is 0 Å². The summed E-state index contributed by atoms with van der Waals surface area (Å²) in [6.45, 7) is -0.861. The Kier molecular flexibility index (Phi) is 5.94. The van der Waals surface area contributed by atoms with Crippen molar-refractivity contribution in [3.05, 3.63) is 71.3 Å². The molecule has 0 aliphatic heterocycles. The van der Waals surface area contributed by atoms with E-state index in [1.165, 1.54) is 18.2 Å². The van der Waals surface area contributed by atoms with Gasteiger partial charge in [0.1, 0.15) is 0 Å². The second kappa shape index (κ2) is 8.15. The molecule has 136 valence electrons. The highest BCUT2D eigenvalue weighted by molar-refractivity contribution is 5.96. The molecule has 2 N–H and O–H groups in total. The lowest BCUT2D eigenvalue weighted by Gasteiger charge is -2.12. The minimum absolute atomic E-state index is 0.281. The molecule has 0 aliphatic rings. The lowest BCUT2D eigenvalue weighted by molar-refractivity contribution is -0.138. The Balaban J connectivity index is 1.88. The number of alkyl halides is 3. The van der Waals surface area contributed by atoms with Crippen LogP contribution < -0.4 is 10.9 Å². The number of halogens is 3. The number of carbonyl (C=O) groups is 3. The number of carbonyl (C=O) groups excluding carboxylic acids is 3. The Labute approximate surface area is 145 Å². The first-order chi connectivity index (χ1) is 12.3. The van der Waals surface area contributed by atoms with Crippen molar-refractivity contribution in [2.45, 2.75) is 6.18 Å². The molecule has 0 saturated carbocycles.